The standard InChI is InChI=1S/C12H16FNO/c1-8-2-3-9(13)6-12(8)15-11-5-4-10(14)7-11/h2-3,6,10-11H,4-5,7,14H2,1H3/t10-,11-/m0/s1. The Morgan fingerprint density at radius 3 is 2.87 bits per heavy atom. The van der Waals surface area contributed by atoms with Crippen molar-refractivity contribution in [3.05, 3.63) is 29.6 Å². The van der Waals surface area contributed by atoms with Crippen molar-refractivity contribution in [1.82, 2.24) is 0 Å². The molecule has 0 aliphatic heterocycles. The highest BCUT2D eigenvalue weighted by Gasteiger charge is 2.23. The Morgan fingerprint density at radius 2 is 2.20 bits per heavy atom. The summed E-state index contributed by atoms with van der Waals surface area (Å²) >= 11 is 0. The van der Waals surface area contributed by atoms with E-state index in [2.05, 4.69) is 0 Å². The minimum absolute atomic E-state index is 0.153. The van der Waals surface area contributed by atoms with E-state index in [4.69, 9.17) is 10.5 Å². The van der Waals surface area contributed by atoms with Crippen molar-refractivity contribution in [2.45, 2.75) is 38.3 Å². The van der Waals surface area contributed by atoms with Crippen LogP contribution in [-0.2, 0) is 0 Å². The lowest BCUT2D eigenvalue weighted by molar-refractivity contribution is 0.206. The Kier molecular flexibility index (Phi) is 2.91. The maximum Gasteiger partial charge on any atom is 0.126 e. The van der Waals surface area contributed by atoms with Crippen molar-refractivity contribution in [2.75, 3.05) is 0 Å². The lowest BCUT2D eigenvalue weighted by Crippen LogP contribution is -2.19. The van der Waals surface area contributed by atoms with Crippen molar-refractivity contribution >= 4 is 0 Å². The Hall–Kier alpha value is -1.09. The zero-order chi connectivity index (χ0) is 10.8. The van der Waals surface area contributed by atoms with Crippen molar-refractivity contribution in [3.8, 4) is 5.75 Å². The van der Waals surface area contributed by atoms with Gasteiger partial charge in [0.1, 0.15) is 17.7 Å². The lowest BCUT2D eigenvalue weighted by Gasteiger charge is -2.15. The topological polar surface area (TPSA) is 35.2 Å². The zero-order valence-corrected chi connectivity index (χ0v) is 8.87. The highest BCUT2D eigenvalue weighted by Crippen LogP contribution is 2.26. The predicted octanol–water partition coefficient (Wildman–Crippen LogP) is 2.39. The first-order valence-corrected chi connectivity index (χ1v) is 5.33. The van der Waals surface area contributed by atoms with Crippen LogP contribution in [0.2, 0.25) is 0 Å². The highest BCUT2D eigenvalue weighted by molar-refractivity contribution is 5.32. The number of halogens is 1. The van der Waals surface area contributed by atoms with E-state index in [0.717, 1.165) is 24.8 Å². The van der Waals surface area contributed by atoms with Crippen LogP contribution < -0.4 is 10.5 Å². The highest BCUT2D eigenvalue weighted by atomic mass is 19.1. The molecule has 2 rings (SSSR count). The molecule has 15 heavy (non-hydrogen) atoms. The first-order valence-electron chi connectivity index (χ1n) is 5.33. The van der Waals surface area contributed by atoms with Crippen molar-refractivity contribution in [2.24, 2.45) is 5.73 Å². The van der Waals surface area contributed by atoms with E-state index in [0.29, 0.717) is 5.75 Å². The number of aryl methyl sites for hydroxylation is 1. The van der Waals surface area contributed by atoms with Gasteiger partial charge in [0.15, 0.2) is 0 Å². The smallest absolute Gasteiger partial charge is 0.126 e. The molecule has 0 bridgehead atoms. The molecule has 1 aromatic carbocycles. The van der Waals surface area contributed by atoms with Gasteiger partial charge in [-0.1, -0.05) is 6.07 Å². The lowest BCUT2D eigenvalue weighted by atomic mass is 10.2. The largest absolute Gasteiger partial charge is 0.490 e. The Labute approximate surface area is 89.2 Å². The van der Waals surface area contributed by atoms with Crippen LogP contribution >= 0.6 is 0 Å². The van der Waals surface area contributed by atoms with E-state index >= 15 is 0 Å². The summed E-state index contributed by atoms with van der Waals surface area (Å²) in [5, 5.41) is 0. The van der Waals surface area contributed by atoms with Crippen LogP contribution in [0.5, 0.6) is 5.75 Å². The quantitative estimate of drug-likeness (QED) is 0.811. The minimum Gasteiger partial charge on any atom is -0.490 e. The monoisotopic (exact) mass is 209 g/mol. The van der Waals surface area contributed by atoms with E-state index in [-0.39, 0.29) is 18.0 Å². The second kappa shape index (κ2) is 4.19. The second-order valence-electron chi connectivity index (χ2n) is 4.22. The molecule has 2 atom stereocenters. The van der Waals surface area contributed by atoms with E-state index in [1.54, 1.807) is 6.07 Å². The maximum absolute atomic E-state index is 13.0. The average molecular weight is 209 g/mol. The summed E-state index contributed by atoms with van der Waals surface area (Å²) in [5.74, 6) is 0.395. The number of nitrogens with two attached hydrogens (primary N) is 1. The van der Waals surface area contributed by atoms with E-state index in [1.165, 1.54) is 12.1 Å². The van der Waals surface area contributed by atoms with E-state index in [9.17, 15) is 4.39 Å². The van der Waals surface area contributed by atoms with Crippen LogP contribution in [0.3, 0.4) is 0 Å². The summed E-state index contributed by atoms with van der Waals surface area (Å²) in [4.78, 5) is 0. The number of hydrogen-bond donors (Lipinski definition) is 1. The molecule has 0 saturated heterocycles. The molecule has 0 heterocycles. The summed E-state index contributed by atoms with van der Waals surface area (Å²) in [6.07, 6.45) is 2.99. The fourth-order valence-electron chi connectivity index (χ4n) is 1.96. The number of hydrogen-bond acceptors (Lipinski definition) is 2. The van der Waals surface area contributed by atoms with Crippen LogP contribution in [0.1, 0.15) is 24.8 Å². The molecule has 82 valence electrons. The van der Waals surface area contributed by atoms with Gasteiger partial charge in [0.05, 0.1) is 0 Å². The SMILES string of the molecule is Cc1ccc(F)cc1O[C@H]1CC[C@H](N)C1. The van der Waals surface area contributed by atoms with Gasteiger partial charge in [-0.2, -0.15) is 0 Å². The normalized spacial score (nSPS) is 25.5. The average Bonchev–Trinajstić information content (AvgIpc) is 2.58. The third kappa shape index (κ3) is 2.48. The predicted molar refractivity (Wildman–Crippen MR) is 57.4 cm³/mol. The second-order valence-corrected chi connectivity index (χ2v) is 4.22. The summed E-state index contributed by atoms with van der Waals surface area (Å²) in [5.41, 5.74) is 6.76. The van der Waals surface area contributed by atoms with Gasteiger partial charge in [0.25, 0.3) is 0 Å². The molecule has 1 aliphatic rings. The van der Waals surface area contributed by atoms with Gasteiger partial charge in [-0.3, -0.25) is 0 Å². The van der Waals surface area contributed by atoms with Gasteiger partial charge in [-0.15, -0.1) is 0 Å². The third-order valence-corrected chi connectivity index (χ3v) is 2.87. The van der Waals surface area contributed by atoms with E-state index in [1.807, 2.05) is 6.92 Å². The fraction of sp³-hybridized carbons (Fsp3) is 0.500. The zero-order valence-electron chi connectivity index (χ0n) is 8.87. The minimum atomic E-state index is -0.252. The van der Waals surface area contributed by atoms with Crippen LogP contribution in [0.25, 0.3) is 0 Å². The third-order valence-electron chi connectivity index (χ3n) is 2.87. The van der Waals surface area contributed by atoms with Crippen LogP contribution in [0.15, 0.2) is 18.2 Å². The van der Waals surface area contributed by atoms with Gasteiger partial charge in [-0.25, -0.2) is 4.39 Å². The van der Waals surface area contributed by atoms with Gasteiger partial charge >= 0.3 is 0 Å². The molecule has 2 N–H and O–H groups in total. The first-order chi connectivity index (χ1) is 7.15. The van der Waals surface area contributed by atoms with Crippen LogP contribution in [-0.4, -0.2) is 12.1 Å². The van der Waals surface area contributed by atoms with Gasteiger partial charge in [0, 0.05) is 12.1 Å². The molecular formula is C12H16FNO. The van der Waals surface area contributed by atoms with Gasteiger partial charge in [0.2, 0.25) is 0 Å². The van der Waals surface area contributed by atoms with Crippen molar-refractivity contribution < 1.29 is 9.13 Å². The molecule has 1 aromatic rings. The molecule has 1 fully saturated rings. The summed E-state index contributed by atoms with van der Waals surface area (Å²) in [6, 6.07) is 4.87. The molecule has 1 saturated carbocycles. The Balaban J connectivity index is 2.07. The van der Waals surface area contributed by atoms with Gasteiger partial charge in [-0.05, 0) is 37.8 Å². The molecule has 0 amide bonds. The molecule has 1 aliphatic carbocycles. The van der Waals surface area contributed by atoms with E-state index < -0.39 is 0 Å². The molecule has 0 spiro atoms. The van der Waals surface area contributed by atoms with Crippen molar-refractivity contribution in [3.63, 3.8) is 0 Å². The van der Waals surface area contributed by atoms with Crippen LogP contribution in [0, 0.1) is 12.7 Å². The van der Waals surface area contributed by atoms with Crippen LogP contribution in [0.4, 0.5) is 4.39 Å². The molecule has 0 radical (unpaired) electrons. The molecule has 0 unspecified atom stereocenters. The number of benzene rings is 1. The fourth-order valence-corrected chi connectivity index (χ4v) is 1.96. The number of rotatable bonds is 2. The molecule has 3 heteroatoms. The Morgan fingerprint density at radius 1 is 1.40 bits per heavy atom. The molecule has 0 aromatic heterocycles. The van der Waals surface area contributed by atoms with Gasteiger partial charge < -0.3 is 10.5 Å². The first kappa shape index (κ1) is 10.4. The summed E-state index contributed by atoms with van der Waals surface area (Å²) in [7, 11) is 0. The maximum atomic E-state index is 13.0. The molecule has 2 nitrogen and oxygen atoms in total. The summed E-state index contributed by atoms with van der Waals surface area (Å²) in [6.45, 7) is 1.92. The van der Waals surface area contributed by atoms with Crippen molar-refractivity contribution in [1.29, 1.82) is 0 Å². The number of ether oxygens (including phenoxy) is 1. The Bertz CT molecular complexity index is 353. The molecular weight excluding hydrogens is 193 g/mol. The summed E-state index contributed by atoms with van der Waals surface area (Å²) < 4.78 is 18.7.